The van der Waals surface area contributed by atoms with Gasteiger partial charge in [-0.3, -0.25) is 4.79 Å². The van der Waals surface area contributed by atoms with Gasteiger partial charge in [0, 0.05) is 12.6 Å². The van der Waals surface area contributed by atoms with E-state index in [2.05, 4.69) is 5.32 Å². The third-order valence-electron chi connectivity index (χ3n) is 4.67. The number of carbonyl (C=O) groups excluding carboxylic acids is 2. The first-order valence-electron chi connectivity index (χ1n) is 8.83. The second kappa shape index (κ2) is 7.68. The van der Waals surface area contributed by atoms with Gasteiger partial charge in [0.15, 0.2) is 0 Å². The molecule has 2 fully saturated rings. The standard InChI is InChI=1S/C17H30FN3O3/c1-17(2,3)24-16(23)20-14(11-4-6-13(19)7-5-11)15(22)21-9-8-12(18)10-21/h11-14H,4-10,19H2,1-3H3,(H,20,23)/t11?,12-,13?,14-/m1/s1. The average molecular weight is 343 g/mol. The van der Waals surface area contributed by atoms with E-state index in [1.807, 2.05) is 0 Å². The molecule has 1 saturated carbocycles. The van der Waals surface area contributed by atoms with E-state index in [-0.39, 0.29) is 24.4 Å². The van der Waals surface area contributed by atoms with Crippen LogP contribution in [-0.4, -0.2) is 53.8 Å². The van der Waals surface area contributed by atoms with Crippen molar-refractivity contribution in [3.8, 4) is 0 Å². The van der Waals surface area contributed by atoms with E-state index >= 15 is 0 Å². The highest BCUT2D eigenvalue weighted by molar-refractivity contribution is 5.86. The maximum Gasteiger partial charge on any atom is 0.408 e. The fourth-order valence-electron chi connectivity index (χ4n) is 3.41. The molecule has 3 N–H and O–H groups in total. The Balaban J connectivity index is 2.06. The molecule has 0 bridgehead atoms. The normalized spacial score (nSPS) is 29.2. The van der Waals surface area contributed by atoms with Gasteiger partial charge in [0.05, 0.1) is 6.54 Å². The number of likely N-dealkylation sites (tertiary alicyclic amines) is 1. The topological polar surface area (TPSA) is 84.7 Å². The molecule has 7 heteroatoms. The molecule has 0 aromatic carbocycles. The molecule has 138 valence electrons. The molecule has 2 atom stereocenters. The van der Waals surface area contributed by atoms with Gasteiger partial charge in [-0.2, -0.15) is 0 Å². The number of hydrogen-bond acceptors (Lipinski definition) is 4. The third kappa shape index (κ3) is 5.33. The maximum atomic E-state index is 13.5. The van der Waals surface area contributed by atoms with E-state index in [1.54, 1.807) is 20.8 Å². The van der Waals surface area contributed by atoms with Gasteiger partial charge in [-0.25, -0.2) is 9.18 Å². The molecule has 2 rings (SSSR count). The van der Waals surface area contributed by atoms with Crippen LogP contribution in [0.4, 0.5) is 9.18 Å². The van der Waals surface area contributed by atoms with Crippen molar-refractivity contribution >= 4 is 12.0 Å². The Bertz CT molecular complexity index is 458. The molecule has 2 aliphatic rings. The fourth-order valence-corrected chi connectivity index (χ4v) is 3.41. The van der Waals surface area contributed by atoms with Crippen LogP contribution in [0.15, 0.2) is 0 Å². The molecule has 1 aliphatic carbocycles. The van der Waals surface area contributed by atoms with Crippen molar-refractivity contribution in [2.45, 2.75) is 76.7 Å². The summed E-state index contributed by atoms with van der Waals surface area (Å²) in [6.45, 7) is 5.84. The Labute approximate surface area is 143 Å². The second-order valence-corrected chi connectivity index (χ2v) is 7.97. The molecule has 0 radical (unpaired) electrons. The van der Waals surface area contributed by atoms with Crippen molar-refractivity contribution in [1.82, 2.24) is 10.2 Å². The van der Waals surface area contributed by atoms with E-state index in [9.17, 15) is 14.0 Å². The minimum absolute atomic E-state index is 0.0171. The van der Waals surface area contributed by atoms with Crippen LogP contribution in [0.5, 0.6) is 0 Å². The van der Waals surface area contributed by atoms with Crippen LogP contribution in [0.2, 0.25) is 0 Å². The predicted molar refractivity (Wildman–Crippen MR) is 89.2 cm³/mol. The number of carbonyl (C=O) groups is 2. The molecule has 1 saturated heterocycles. The Morgan fingerprint density at radius 3 is 2.33 bits per heavy atom. The molecular formula is C17H30FN3O3. The highest BCUT2D eigenvalue weighted by Crippen LogP contribution is 2.28. The summed E-state index contributed by atoms with van der Waals surface area (Å²) in [7, 11) is 0. The first kappa shape index (κ1) is 19.0. The summed E-state index contributed by atoms with van der Waals surface area (Å²) in [5.41, 5.74) is 5.31. The van der Waals surface area contributed by atoms with Gasteiger partial charge in [-0.05, 0) is 58.8 Å². The SMILES string of the molecule is CC(C)(C)OC(=O)N[C@@H](C(=O)N1CC[C@@H](F)C1)C1CCC(N)CC1. The van der Waals surface area contributed by atoms with Crippen LogP contribution >= 0.6 is 0 Å². The lowest BCUT2D eigenvalue weighted by Crippen LogP contribution is -2.53. The molecule has 0 aromatic heterocycles. The third-order valence-corrected chi connectivity index (χ3v) is 4.67. The zero-order valence-electron chi connectivity index (χ0n) is 14.9. The van der Waals surface area contributed by atoms with Crippen LogP contribution in [0.1, 0.15) is 52.9 Å². The number of nitrogens with two attached hydrogens (primary N) is 1. The number of hydrogen-bond donors (Lipinski definition) is 2. The smallest absolute Gasteiger partial charge is 0.408 e. The molecule has 1 heterocycles. The molecule has 24 heavy (non-hydrogen) atoms. The first-order chi connectivity index (χ1) is 11.2. The minimum atomic E-state index is -0.976. The number of amides is 2. The first-order valence-corrected chi connectivity index (χ1v) is 8.83. The Morgan fingerprint density at radius 1 is 1.21 bits per heavy atom. The summed E-state index contributed by atoms with van der Waals surface area (Å²) in [6, 6.07) is -0.516. The lowest BCUT2D eigenvalue weighted by molar-refractivity contribution is -0.134. The van der Waals surface area contributed by atoms with Crippen molar-refractivity contribution < 1.29 is 18.7 Å². The molecule has 6 nitrogen and oxygen atoms in total. The second-order valence-electron chi connectivity index (χ2n) is 7.97. The van der Waals surface area contributed by atoms with Crippen molar-refractivity contribution in [2.75, 3.05) is 13.1 Å². The number of rotatable bonds is 3. The Kier molecular flexibility index (Phi) is 6.06. The van der Waals surface area contributed by atoms with Gasteiger partial charge in [-0.1, -0.05) is 0 Å². The van der Waals surface area contributed by atoms with Gasteiger partial charge < -0.3 is 20.7 Å². The van der Waals surface area contributed by atoms with Crippen LogP contribution in [0.25, 0.3) is 0 Å². The minimum Gasteiger partial charge on any atom is -0.444 e. The van der Waals surface area contributed by atoms with Gasteiger partial charge in [0.25, 0.3) is 0 Å². The van der Waals surface area contributed by atoms with Crippen LogP contribution in [0, 0.1) is 5.92 Å². The van der Waals surface area contributed by atoms with Gasteiger partial charge in [-0.15, -0.1) is 0 Å². The van der Waals surface area contributed by atoms with Crippen molar-refractivity contribution in [3.63, 3.8) is 0 Å². The maximum absolute atomic E-state index is 13.5. The lowest BCUT2D eigenvalue weighted by atomic mass is 9.81. The monoisotopic (exact) mass is 343 g/mol. The van der Waals surface area contributed by atoms with Gasteiger partial charge >= 0.3 is 6.09 Å². The number of halogens is 1. The zero-order chi connectivity index (χ0) is 17.9. The fraction of sp³-hybridized carbons (Fsp3) is 0.882. The van der Waals surface area contributed by atoms with Gasteiger partial charge in [0.2, 0.25) is 5.91 Å². The van der Waals surface area contributed by atoms with Crippen LogP contribution in [0.3, 0.4) is 0 Å². The number of ether oxygens (including phenoxy) is 1. The Hall–Kier alpha value is -1.37. The lowest BCUT2D eigenvalue weighted by Gasteiger charge is -2.34. The highest BCUT2D eigenvalue weighted by atomic mass is 19.1. The van der Waals surface area contributed by atoms with Crippen molar-refractivity contribution in [1.29, 1.82) is 0 Å². The van der Waals surface area contributed by atoms with Gasteiger partial charge in [0.1, 0.15) is 17.8 Å². The Morgan fingerprint density at radius 2 is 1.83 bits per heavy atom. The highest BCUT2D eigenvalue weighted by Gasteiger charge is 2.38. The van der Waals surface area contributed by atoms with E-state index in [0.29, 0.717) is 13.0 Å². The molecular weight excluding hydrogens is 313 g/mol. The van der Waals surface area contributed by atoms with Crippen LogP contribution < -0.4 is 11.1 Å². The molecule has 0 unspecified atom stereocenters. The number of nitrogens with one attached hydrogen (secondary N) is 1. The summed E-state index contributed by atoms with van der Waals surface area (Å²) in [5.74, 6) is -0.190. The summed E-state index contributed by atoms with van der Waals surface area (Å²) < 4.78 is 18.7. The number of nitrogens with zero attached hydrogens (tertiary/aromatic N) is 1. The summed E-state index contributed by atoms with van der Waals surface area (Å²) >= 11 is 0. The zero-order valence-corrected chi connectivity index (χ0v) is 14.9. The largest absolute Gasteiger partial charge is 0.444 e. The quantitative estimate of drug-likeness (QED) is 0.820. The number of alkyl carbamates (subject to hydrolysis) is 1. The summed E-state index contributed by atoms with van der Waals surface area (Å²) in [6.07, 6.45) is 2.00. The van der Waals surface area contributed by atoms with E-state index in [4.69, 9.17) is 10.5 Å². The van der Waals surface area contributed by atoms with Crippen LogP contribution in [-0.2, 0) is 9.53 Å². The molecule has 0 aromatic rings. The molecule has 2 amide bonds. The van der Waals surface area contributed by atoms with Crippen molar-refractivity contribution in [2.24, 2.45) is 11.7 Å². The van der Waals surface area contributed by atoms with Crippen molar-refractivity contribution in [3.05, 3.63) is 0 Å². The summed E-state index contributed by atoms with van der Waals surface area (Å²) in [5, 5.41) is 2.73. The summed E-state index contributed by atoms with van der Waals surface area (Å²) in [4.78, 5) is 26.5. The molecule has 0 spiro atoms. The number of alkyl halides is 1. The average Bonchev–Trinajstić information content (AvgIpc) is 2.90. The van der Waals surface area contributed by atoms with E-state index < -0.39 is 23.9 Å². The predicted octanol–water partition coefficient (Wildman–Crippen LogP) is 1.97. The van der Waals surface area contributed by atoms with E-state index in [0.717, 1.165) is 25.7 Å². The molecule has 1 aliphatic heterocycles. The van der Waals surface area contributed by atoms with E-state index in [1.165, 1.54) is 4.90 Å².